The van der Waals surface area contributed by atoms with E-state index in [0.717, 1.165) is 22.3 Å². The maximum atomic E-state index is 13.4. The summed E-state index contributed by atoms with van der Waals surface area (Å²) < 4.78 is 12.1. The molecule has 5 heteroatoms. The van der Waals surface area contributed by atoms with Crippen LogP contribution in [0.15, 0.2) is 108 Å². The van der Waals surface area contributed by atoms with Crippen molar-refractivity contribution in [2.24, 2.45) is 0 Å². The number of furan rings is 1. The fraction of sp³-hybridized carbons (Fsp3) is 0.100. The SMILES string of the molecule is Cc1cccc(Oc2ccccc2NC(=O)c2oc3ccccc3c2CSCc2ccccc2)c1. The number of carbonyl (C=O) groups is 1. The third-order valence-corrected chi connectivity index (χ3v) is 6.65. The molecule has 35 heavy (non-hydrogen) atoms. The molecule has 4 aromatic carbocycles. The molecular formula is C30H25NO3S. The van der Waals surface area contributed by atoms with Crippen LogP contribution in [-0.4, -0.2) is 5.91 Å². The standard InChI is InChI=1S/C30H25NO3S/c1-21-10-9-13-23(18-21)33-28-17-8-6-15-26(28)31-30(32)29-25(24-14-5-7-16-27(24)34-29)20-35-19-22-11-3-2-4-12-22/h2-18H,19-20H2,1H3,(H,31,32). The summed E-state index contributed by atoms with van der Waals surface area (Å²) in [7, 11) is 0. The minimum Gasteiger partial charge on any atom is -0.455 e. The molecule has 0 aliphatic rings. The summed E-state index contributed by atoms with van der Waals surface area (Å²) in [5.41, 5.74) is 4.54. The van der Waals surface area contributed by atoms with Crippen molar-refractivity contribution >= 4 is 34.3 Å². The molecule has 0 saturated carbocycles. The number of hydrogen-bond acceptors (Lipinski definition) is 4. The Bertz CT molecular complexity index is 1460. The number of nitrogens with one attached hydrogen (secondary N) is 1. The van der Waals surface area contributed by atoms with Crippen molar-refractivity contribution in [3.63, 3.8) is 0 Å². The van der Waals surface area contributed by atoms with Crippen molar-refractivity contribution in [1.82, 2.24) is 0 Å². The summed E-state index contributed by atoms with van der Waals surface area (Å²) in [4.78, 5) is 13.4. The number of para-hydroxylation sites is 3. The van der Waals surface area contributed by atoms with Crippen LogP contribution in [0.5, 0.6) is 11.5 Å². The highest BCUT2D eigenvalue weighted by molar-refractivity contribution is 7.97. The van der Waals surface area contributed by atoms with Crippen molar-refractivity contribution < 1.29 is 13.9 Å². The van der Waals surface area contributed by atoms with E-state index in [1.165, 1.54) is 5.56 Å². The molecule has 1 aromatic heterocycles. The lowest BCUT2D eigenvalue weighted by Gasteiger charge is -2.12. The second-order valence-electron chi connectivity index (χ2n) is 8.25. The molecule has 1 heterocycles. The summed E-state index contributed by atoms with van der Waals surface area (Å²) in [6, 6.07) is 33.3. The zero-order chi connectivity index (χ0) is 24.0. The maximum absolute atomic E-state index is 13.4. The van der Waals surface area contributed by atoms with Gasteiger partial charge in [-0.3, -0.25) is 4.79 Å². The van der Waals surface area contributed by atoms with Crippen LogP contribution in [0.3, 0.4) is 0 Å². The average molecular weight is 480 g/mol. The third kappa shape index (κ3) is 5.42. The van der Waals surface area contributed by atoms with Crippen LogP contribution < -0.4 is 10.1 Å². The average Bonchev–Trinajstić information content (AvgIpc) is 3.25. The van der Waals surface area contributed by atoms with Crippen LogP contribution >= 0.6 is 11.8 Å². The molecule has 1 amide bonds. The van der Waals surface area contributed by atoms with Gasteiger partial charge >= 0.3 is 0 Å². The van der Waals surface area contributed by atoms with Gasteiger partial charge in [0.15, 0.2) is 11.5 Å². The fourth-order valence-corrected chi connectivity index (χ4v) is 4.94. The number of fused-ring (bicyclic) bond motifs is 1. The molecule has 0 radical (unpaired) electrons. The molecule has 0 atom stereocenters. The van der Waals surface area contributed by atoms with Gasteiger partial charge in [-0.1, -0.05) is 72.8 Å². The first kappa shape index (κ1) is 22.8. The Morgan fingerprint density at radius 3 is 2.49 bits per heavy atom. The summed E-state index contributed by atoms with van der Waals surface area (Å²) in [6.45, 7) is 2.01. The lowest BCUT2D eigenvalue weighted by atomic mass is 10.1. The molecule has 0 unspecified atom stereocenters. The van der Waals surface area contributed by atoms with Crippen LogP contribution in [0, 0.1) is 6.92 Å². The Kier molecular flexibility index (Phi) is 6.87. The van der Waals surface area contributed by atoms with Gasteiger partial charge in [-0.2, -0.15) is 11.8 Å². The zero-order valence-corrected chi connectivity index (χ0v) is 20.2. The van der Waals surface area contributed by atoms with E-state index in [1.54, 1.807) is 11.8 Å². The highest BCUT2D eigenvalue weighted by atomic mass is 32.2. The smallest absolute Gasteiger partial charge is 0.291 e. The van der Waals surface area contributed by atoms with Crippen molar-refractivity contribution in [1.29, 1.82) is 0 Å². The van der Waals surface area contributed by atoms with Gasteiger partial charge in [-0.25, -0.2) is 0 Å². The third-order valence-electron chi connectivity index (χ3n) is 5.62. The van der Waals surface area contributed by atoms with E-state index in [2.05, 4.69) is 17.4 Å². The molecule has 4 nitrogen and oxygen atoms in total. The molecule has 0 spiro atoms. The number of anilines is 1. The number of amides is 1. The van der Waals surface area contributed by atoms with Gasteiger partial charge in [-0.05, 0) is 48.4 Å². The van der Waals surface area contributed by atoms with Crippen LogP contribution in [0.25, 0.3) is 11.0 Å². The molecule has 0 saturated heterocycles. The van der Waals surface area contributed by atoms with E-state index in [4.69, 9.17) is 9.15 Å². The van der Waals surface area contributed by atoms with E-state index >= 15 is 0 Å². The number of thioether (sulfide) groups is 1. The largest absolute Gasteiger partial charge is 0.455 e. The predicted molar refractivity (Wildman–Crippen MR) is 143 cm³/mol. The van der Waals surface area contributed by atoms with E-state index in [-0.39, 0.29) is 5.91 Å². The van der Waals surface area contributed by atoms with Crippen LogP contribution in [0.4, 0.5) is 5.69 Å². The Morgan fingerprint density at radius 2 is 1.63 bits per heavy atom. The zero-order valence-electron chi connectivity index (χ0n) is 19.4. The Hall–Kier alpha value is -3.96. The normalized spacial score (nSPS) is 10.9. The van der Waals surface area contributed by atoms with Crippen LogP contribution in [-0.2, 0) is 11.5 Å². The van der Waals surface area contributed by atoms with Gasteiger partial charge < -0.3 is 14.5 Å². The second kappa shape index (κ2) is 10.5. The molecule has 5 aromatic rings. The van der Waals surface area contributed by atoms with Gasteiger partial charge in [0.1, 0.15) is 11.3 Å². The quantitative estimate of drug-likeness (QED) is 0.244. The van der Waals surface area contributed by atoms with Crippen molar-refractivity contribution in [3.05, 3.63) is 126 Å². The molecular weight excluding hydrogens is 454 g/mol. The van der Waals surface area contributed by atoms with Crippen LogP contribution in [0.2, 0.25) is 0 Å². The van der Waals surface area contributed by atoms with Gasteiger partial charge in [-0.15, -0.1) is 0 Å². The van der Waals surface area contributed by atoms with E-state index in [9.17, 15) is 4.79 Å². The van der Waals surface area contributed by atoms with E-state index in [0.29, 0.717) is 34.3 Å². The van der Waals surface area contributed by atoms with E-state index < -0.39 is 0 Å². The number of carbonyl (C=O) groups excluding carboxylic acids is 1. The number of benzene rings is 4. The molecule has 0 bridgehead atoms. The van der Waals surface area contributed by atoms with Gasteiger partial charge in [0, 0.05) is 22.5 Å². The minimum absolute atomic E-state index is 0.295. The lowest BCUT2D eigenvalue weighted by molar-refractivity contribution is 0.0997. The Balaban J connectivity index is 1.39. The summed E-state index contributed by atoms with van der Waals surface area (Å²) in [6.07, 6.45) is 0. The molecule has 0 aliphatic heterocycles. The second-order valence-corrected chi connectivity index (χ2v) is 9.24. The molecule has 1 N–H and O–H groups in total. The topological polar surface area (TPSA) is 51.5 Å². The first-order valence-corrected chi connectivity index (χ1v) is 12.6. The van der Waals surface area contributed by atoms with Gasteiger partial charge in [0.2, 0.25) is 0 Å². The number of ether oxygens (including phenoxy) is 1. The Morgan fingerprint density at radius 1 is 0.857 bits per heavy atom. The van der Waals surface area contributed by atoms with Gasteiger partial charge in [0.25, 0.3) is 5.91 Å². The summed E-state index contributed by atoms with van der Waals surface area (Å²) >= 11 is 1.76. The highest BCUT2D eigenvalue weighted by Crippen LogP contribution is 2.33. The highest BCUT2D eigenvalue weighted by Gasteiger charge is 2.21. The molecule has 0 aliphatic carbocycles. The summed E-state index contributed by atoms with van der Waals surface area (Å²) in [5.74, 6) is 2.84. The minimum atomic E-state index is -0.295. The molecule has 0 fully saturated rings. The van der Waals surface area contributed by atoms with Crippen molar-refractivity contribution in [2.75, 3.05) is 5.32 Å². The van der Waals surface area contributed by atoms with Crippen molar-refractivity contribution in [2.45, 2.75) is 18.4 Å². The predicted octanol–water partition coefficient (Wildman–Crippen LogP) is 8.22. The van der Waals surface area contributed by atoms with Crippen molar-refractivity contribution in [3.8, 4) is 11.5 Å². The monoisotopic (exact) mass is 479 g/mol. The molecule has 5 rings (SSSR count). The fourth-order valence-electron chi connectivity index (χ4n) is 3.91. The number of aryl methyl sites for hydroxylation is 1. The maximum Gasteiger partial charge on any atom is 0.291 e. The number of rotatable bonds is 8. The Labute approximate surface area is 208 Å². The van der Waals surface area contributed by atoms with E-state index in [1.807, 2.05) is 97.9 Å². The van der Waals surface area contributed by atoms with Crippen LogP contribution in [0.1, 0.15) is 27.2 Å². The first-order chi connectivity index (χ1) is 17.2. The number of hydrogen-bond donors (Lipinski definition) is 1. The van der Waals surface area contributed by atoms with Gasteiger partial charge in [0.05, 0.1) is 5.69 Å². The molecule has 174 valence electrons. The first-order valence-electron chi connectivity index (χ1n) is 11.4. The summed E-state index contributed by atoms with van der Waals surface area (Å²) in [5, 5.41) is 3.96. The lowest BCUT2D eigenvalue weighted by Crippen LogP contribution is -2.13.